The summed E-state index contributed by atoms with van der Waals surface area (Å²) in [7, 11) is 0. The van der Waals surface area contributed by atoms with Crippen LogP contribution in [0.4, 0.5) is 10.5 Å². The molecule has 0 atom stereocenters. The van der Waals surface area contributed by atoms with Crippen LogP contribution in [0.15, 0.2) is 24.3 Å². The smallest absolute Gasteiger partial charge is 0.415 e. The van der Waals surface area contributed by atoms with Crippen LogP contribution in [0.2, 0.25) is 0 Å². The predicted octanol–water partition coefficient (Wildman–Crippen LogP) is 4.20. The van der Waals surface area contributed by atoms with E-state index < -0.39 is 5.60 Å². The molecule has 0 bridgehead atoms. The summed E-state index contributed by atoms with van der Waals surface area (Å²) >= 11 is 2.26. The van der Waals surface area contributed by atoms with Gasteiger partial charge in [0.2, 0.25) is 0 Å². The molecule has 0 heterocycles. The first-order valence-corrected chi connectivity index (χ1v) is 7.23. The Morgan fingerprint density at radius 3 is 2.44 bits per heavy atom. The molecule has 1 amide bonds. The van der Waals surface area contributed by atoms with E-state index in [-0.39, 0.29) is 6.09 Å². The van der Waals surface area contributed by atoms with E-state index in [1.54, 1.807) is 4.90 Å². The lowest BCUT2D eigenvalue weighted by Crippen LogP contribution is -2.38. The number of hydrogen-bond donors (Lipinski definition) is 0. The molecule has 1 saturated carbocycles. The second-order valence-corrected chi connectivity index (χ2v) is 6.70. The molecule has 1 aromatic rings. The second-order valence-electron chi connectivity index (χ2n) is 5.53. The first-order chi connectivity index (χ1) is 8.38. The van der Waals surface area contributed by atoms with E-state index in [1.807, 2.05) is 45.0 Å². The summed E-state index contributed by atoms with van der Waals surface area (Å²) in [5.74, 6) is 0. The quantitative estimate of drug-likeness (QED) is 0.741. The SMILES string of the molecule is CC(C)(C)OC(=O)N(c1ccccc1I)C1CC1. The molecule has 1 fully saturated rings. The van der Waals surface area contributed by atoms with Gasteiger partial charge in [-0.15, -0.1) is 0 Å². The van der Waals surface area contributed by atoms with Crippen LogP contribution in [0, 0.1) is 3.57 Å². The lowest BCUT2D eigenvalue weighted by atomic mass is 10.2. The van der Waals surface area contributed by atoms with Gasteiger partial charge < -0.3 is 4.74 Å². The van der Waals surface area contributed by atoms with E-state index in [1.165, 1.54) is 0 Å². The normalized spacial score (nSPS) is 15.3. The van der Waals surface area contributed by atoms with Crippen LogP contribution in [0.25, 0.3) is 0 Å². The van der Waals surface area contributed by atoms with Crippen molar-refractivity contribution in [3.63, 3.8) is 0 Å². The average molecular weight is 359 g/mol. The zero-order chi connectivity index (χ0) is 13.3. The Labute approximate surface area is 122 Å². The number of para-hydroxylation sites is 1. The number of hydrogen-bond acceptors (Lipinski definition) is 2. The minimum atomic E-state index is -0.454. The maximum Gasteiger partial charge on any atom is 0.415 e. The van der Waals surface area contributed by atoms with Crippen molar-refractivity contribution in [2.75, 3.05) is 4.90 Å². The molecule has 3 nitrogen and oxygen atoms in total. The van der Waals surface area contributed by atoms with Gasteiger partial charge in [0.05, 0.1) is 5.69 Å². The highest BCUT2D eigenvalue weighted by atomic mass is 127. The Hall–Kier alpha value is -0.780. The van der Waals surface area contributed by atoms with Crippen molar-refractivity contribution < 1.29 is 9.53 Å². The molecular weight excluding hydrogens is 341 g/mol. The van der Waals surface area contributed by atoms with Gasteiger partial charge in [0.15, 0.2) is 0 Å². The highest BCUT2D eigenvalue weighted by Gasteiger charge is 2.37. The highest BCUT2D eigenvalue weighted by molar-refractivity contribution is 14.1. The molecule has 4 heteroatoms. The molecular formula is C14H18INO2. The number of benzene rings is 1. The van der Waals surface area contributed by atoms with Crippen molar-refractivity contribution in [2.45, 2.75) is 45.3 Å². The maximum absolute atomic E-state index is 12.3. The van der Waals surface area contributed by atoms with Crippen molar-refractivity contribution in [3.05, 3.63) is 27.8 Å². The molecule has 0 saturated heterocycles. The number of rotatable bonds is 2. The van der Waals surface area contributed by atoms with Crippen LogP contribution in [0.1, 0.15) is 33.6 Å². The summed E-state index contributed by atoms with van der Waals surface area (Å²) in [5.41, 5.74) is 0.500. The van der Waals surface area contributed by atoms with Crippen molar-refractivity contribution in [1.29, 1.82) is 0 Å². The number of halogens is 1. The number of carbonyl (C=O) groups is 1. The molecule has 0 unspecified atom stereocenters. The summed E-state index contributed by atoms with van der Waals surface area (Å²) in [4.78, 5) is 14.1. The Morgan fingerprint density at radius 1 is 1.33 bits per heavy atom. The van der Waals surface area contributed by atoms with Crippen molar-refractivity contribution >= 4 is 34.4 Å². The third-order valence-electron chi connectivity index (χ3n) is 2.61. The summed E-state index contributed by atoms with van der Waals surface area (Å²) in [5, 5.41) is 0. The molecule has 1 aromatic carbocycles. The summed E-state index contributed by atoms with van der Waals surface area (Å²) in [6.07, 6.45) is 1.88. The van der Waals surface area contributed by atoms with E-state index in [4.69, 9.17) is 4.74 Å². The van der Waals surface area contributed by atoms with E-state index in [2.05, 4.69) is 22.6 Å². The van der Waals surface area contributed by atoms with Gasteiger partial charge in [-0.1, -0.05) is 12.1 Å². The topological polar surface area (TPSA) is 29.5 Å². The van der Waals surface area contributed by atoms with Crippen LogP contribution in [0.5, 0.6) is 0 Å². The van der Waals surface area contributed by atoms with Gasteiger partial charge in [-0.3, -0.25) is 4.90 Å². The molecule has 1 aliphatic carbocycles. The summed E-state index contributed by atoms with van der Waals surface area (Å²) in [6.45, 7) is 5.68. The predicted molar refractivity (Wildman–Crippen MR) is 80.9 cm³/mol. The molecule has 18 heavy (non-hydrogen) atoms. The van der Waals surface area contributed by atoms with Gasteiger partial charge >= 0.3 is 6.09 Å². The first-order valence-electron chi connectivity index (χ1n) is 6.15. The molecule has 0 N–H and O–H groups in total. The molecule has 0 aliphatic heterocycles. The van der Waals surface area contributed by atoms with Gasteiger partial charge in [0.25, 0.3) is 0 Å². The summed E-state index contributed by atoms with van der Waals surface area (Å²) in [6, 6.07) is 8.22. The number of nitrogens with zero attached hydrogens (tertiary/aromatic N) is 1. The van der Waals surface area contributed by atoms with Gasteiger partial charge in [0, 0.05) is 9.61 Å². The van der Waals surface area contributed by atoms with Crippen LogP contribution < -0.4 is 4.90 Å². The largest absolute Gasteiger partial charge is 0.443 e. The molecule has 2 rings (SSSR count). The Morgan fingerprint density at radius 2 is 1.94 bits per heavy atom. The Kier molecular flexibility index (Phi) is 3.84. The molecule has 0 aromatic heterocycles. The third kappa shape index (κ3) is 3.37. The van der Waals surface area contributed by atoms with E-state index in [9.17, 15) is 4.79 Å². The Balaban J connectivity index is 2.24. The fourth-order valence-electron chi connectivity index (χ4n) is 1.74. The van der Waals surface area contributed by atoms with Gasteiger partial charge in [-0.25, -0.2) is 4.79 Å². The number of carbonyl (C=O) groups excluding carboxylic acids is 1. The zero-order valence-electron chi connectivity index (χ0n) is 10.9. The number of amides is 1. The lowest BCUT2D eigenvalue weighted by Gasteiger charge is -2.28. The van der Waals surface area contributed by atoms with Gasteiger partial charge in [-0.05, 0) is 68.3 Å². The molecule has 0 radical (unpaired) electrons. The van der Waals surface area contributed by atoms with Crippen molar-refractivity contribution in [1.82, 2.24) is 0 Å². The van der Waals surface area contributed by atoms with Crippen molar-refractivity contribution in [2.24, 2.45) is 0 Å². The van der Waals surface area contributed by atoms with Crippen LogP contribution in [-0.2, 0) is 4.74 Å². The van der Waals surface area contributed by atoms with E-state index in [0.717, 1.165) is 22.1 Å². The molecule has 98 valence electrons. The average Bonchev–Trinajstić information content (AvgIpc) is 3.03. The molecule has 0 spiro atoms. The van der Waals surface area contributed by atoms with Crippen molar-refractivity contribution in [3.8, 4) is 0 Å². The minimum Gasteiger partial charge on any atom is -0.443 e. The fourth-order valence-corrected chi connectivity index (χ4v) is 2.38. The number of anilines is 1. The second kappa shape index (κ2) is 5.07. The van der Waals surface area contributed by atoms with Crippen LogP contribution >= 0.6 is 22.6 Å². The first kappa shape index (κ1) is 13.6. The monoisotopic (exact) mass is 359 g/mol. The number of ether oxygens (including phenoxy) is 1. The Bertz CT molecular complexity index is 449. The lowest BCUT2D eigenvalue weighted by molar-refractivity contribution is 0.0577. The van der Waals surface area contributed by atoms with Crippen LogP contribution in [-0.4, -0.2) is 17.7 Å². The van der Waals surface area contributed by atoms with Crippen LogP contribution in [0.3, 0.4) is 0 Å². The third-order valence-corrected chi connectivity index (χ3v) is 3.53. The van der Waals surface area contributed by atoms with Gasteiger partial charge in [0.1, 0.15) is 5.60 Å². The van der Waals surface area contributed by atoms with Gasteiger partial charge in [-0.2, -0.15) is 0 Å². The zero-order valence-corrected chi connectivity index (χ0v) is 13.1. The standard InChI is InChI=1S/C14H18INO2/c1-14(2,3)18-13(17)16(10-8-9-10)12-7-5-4-6-11(12)15/h4-7,10H,8-9H2,1-3H3. The maximum atomic E-state index is 12.3. The minimum absolute atomic E-state index is 0.242. The fraction of sp³-hybridized carbons (Fsp3) is 0.500. The van der Waals surface area contributed by atoms with E-state index >= 15 is 0 Å². The molecule has 1 aliphatic rings. The highest BCUT2D eigenvalue weighted by Crippen LogP contribution is 2.35. The summed E-state index contributed by atoms with van der Waals surface area (Å²) < 4.78 is 6.57. The van der Waals surface area contributed by atoms with E-state index in [0.29, 0.717) is 6.04 Å².